The van der Waals surface area contributed by atoms with Crippen LogP contribution in [0, 0.1) is 0 Å². The molecule has 0 aromatic carbocycles. The van der Waals surface area contributed by atoms with Gasteiger partial charge in [-0.1, -0.05) is 6.07 Å². The lowest BCUT2D eigenvalue weighted by molar-refractivity contribution is 0.266. The number of anilines is 1. The molecule has 0 amide bonds. The molecule has 4 nitrogen and oxygen atoms in total. The minimum absolute atomic E-state index is 0.547. The van der Waals surface area contributed by atoms with Crippen LogP contribution < -0.4 is 11.3 Å². The third-order valence-electron chi connectivity index (χ3n) is 2.53. The Hall–Kier alpha value is -0.780. The zero-order valence-electron chi connectivity index (χ0n) is 10.1. The Morgan fingerprint density at radius 3 is 2.94 bits per heavy atom. The summed E-state index contributed by atoms with van der Waals surface area (Å²) in [4.78, 5) is 6.68. The van der Waals surface area contributed by atoms with Crippen molar-refractivity contribution in [1.82, 2.24) is 9.88 Å². The average Bonchev–Trinajstić information content (AvgIpc) is 2.29. The molecule has 0 aliphatic carbocycles. The van der Waals surface area contributed by atoms with Gasteiger partial charge in [-0.2, -0.15) is 11.8 Å². The number of aromatic nitrogens is 1. The molecule has 1 unspecified atom stereocenters. The van der Waals surface area contributed by atoms with Crippen molar-refractivity contribution in [2.45, 2.75) is 19.5 Å². The quantitative estimate of drug-likeness (QED) is 0.583. The monoisotopic (exact) mass is 240 g/mol. The molecular formula is C11H20N4S. The van der Waals surface area contributed by atoms with Crippen molar-refractivity contribution >= 4 is 17.6 Å². The Bertz CT molecular complexity index is 319. The molecule has 0 fully saturated rings. The van der Waals surface area contributed by atoms with E-state index >= 15 is 0 Å². The van der Waals surface area contributed by atoms with Gasteiger partial charge in [0.05, 0.1) is 5.69 Å². The van der Waals surface area contributed by atoms with Crippen LogP contribution >= 0.6 is 11.8 Å². The molecule has 1 aromatic heterocycles. The number of hydrogen-bond donors (Lipinski definition) is 2. The van der Waals surface area contributed by atoms with Crippen molar-refractivity contribution in [3.05, 3.63) is 23.9 Å². The van der Waals surface area contributed by atoms with Gasteiger partial charge in [-0.05, 0) is 32.4 Å². The maximum Gasteiger partial charge on any atom is 0.140 e. The van der Waals surface area contributed by atoms with Crippen molar-refractivity contribution in [2.24, 2.45) is 5.84 Å². The fourth-order valence-corrected chi connectivity index (χ4v) is 2.16. The maximum absolute atomic E-state index is 5.33. The molecule has 0 bridgehead atoms. The Kier molecular flexibility index (Phi) is 5.59. The number of pyridine rings is 1. The van der Waals surface area contributed by atoms with Gasteiger partial charge in [0.2, 0.25) is 0 Å². The van der Waals surface area contributed by atoms with Crippen LogP contribution in [-0.2, 0) is 6.54 Å². The van der Waals surface area contributed by atoms with Gasteiger partial charge in [0.25, 0.3) is 0 Å². The van der Waals surface area contributed by atoms with E-state index in [-0.39, 0.29) is 0 Å². The van der Waals surface area contributed by atoms with Crippen molar-refractivity contribution in [3.8, 4) is 0 Å². The van der Waals surface area contributed by atoms with Gasteiger partial charge in [-0.3, -0.25) is 4.90 Å². The molecule has 0 saturated heterocycles. The number of hydrazine groups is 1. The molecule has 16 heavy (non-hydrogen) atoms. The number of nitrogens with two attached hydrogens (primary N) is 1. The smallest absolute Gasteiger partial charge is 0.140 e. The maximum atomic E-state index is 5.33. The van der Waals surface area contributed by atoms with Crippen molar-refractivity contribution in [1.29, 1.82) is 0 Å². The topological polar surface area (TPSA) is 54.2 Å². The number of nitrogens with zero attached hydrogens (tertiary/aromatic N) is 2. The minimum atomic E-state index is 0.547. The molecule has 0 aliphatic heterocycles. The molecule has 0 radical (unpaired) electrons. The van der Waals surface area contributed by atoms with Crippen molar-refractivity contribution in [2.75, 3.05) is 24.5 Å². The van der Waals surface area contributed by atoms with Crippen LogP contribution in [0.3, 0.4) is 0 Å². The second-order valence-corrected chi connectivity index (χ2v) is 4.79. The van der Waals surface area contributed by atoms with E-state index in [4.69, 9.17) is 5.84 Å². The first kappa shape index (κ1) is 13.3. The Morgan fingerprint density at radius 1 is 1.56 bits per heavy atom. The van der Waals surface area contributed by atoms with Crippen LogP contribution in [0.4, 0.5) is 5.82 Å². The molecule has 1 rings (SSSR count). The van der Waals surface area contributed by atoms with Crippen molar-refractivity contribution in [3.63, 3.8) is 0 Å². The molecule has 5 heteroatoms. The van der Waals surface area contributed by atoms with E-state index in [0.29, 0.717) is 11.9 Å². The predicted octanol–water partition coefficient (Wildman–Crippen LogP) is 1.55. The zero-order valence-corrected chi connectivity index (χ0v) is 10.9. The second-order valence-electron chi connectivity index (χ2n) is 3.88. The lowest BCUT2D eigenvalue weighted by Crippen LogP contribution is -2.30. The predicted molar refractivity (Wildman–Crippen MR) is 71.4 cm³/mol. The highest BCUT2D eigenvalue weighted by Gasteiger charge is 2.09. The van der Waals surface area contributed by atoms with E-state index in [1.807, 2.05) is 30.0 Å². The summed E-state index contributed by atoms with van der Waals surface area (Å²) >= 11 is 1.86. The molecule has 1 aromatic rings. The highest BCUT2D eigenvalue weighted by molar-refractivity contribution is 7.98. The first-order valence-electron chi connectivity index (χ1n) is 5.29. The van der Waals surface area contributed by atoms with Crippen LogP contribution in [0.15, 0.2) is 18.2 Å². The second kappa shape index (κ2) is 6.73. The molecular weight excluding hydrogens is 220 g/mol. The summed E-state index contributed by atoms with van der Waals surface area (Å²) in [6, 6.07) is 6.38. The Balaban J connectivity index is 2.58. The summed E-state index contributed by atoms with van der Waals surface area (Å²) in [6.07, 6.45) is 2.13. The SMILES string of the molecule is CSCC(C)N(C)Cc1cccc(NN)n1. The summed E-state index contributed by atoms with van der Waals surface area (Å²) in [6.45, 7) is 3.07. The lowest BCUT2D eigenvalue weighted by Gasteiger charge is -2.23. The highest BCUT2D eigenvalue weighted by Crippen LogP contribution is 2.09. The molecule has 0 saturated carbocycles. The van der Waals surface area contributed by atoms with Gasteiger partial charge in [0, 0.05) is 18.3 Å². The van der Waals surface area contributed by atoms with E-state index in [0.717, 1.165) is 18.0 Å². The number of thioether (sulfide) groups is 1. The molecule has 0 aliphatic rings. The Labute approximate surface area is 102 Å². The van der Waals surface area contributed by atoms with Gasteiger partial charge in [0.1, 0.15) is 5.82 Å². The van der Waals surface area contributed by atoms with Crippen LogP contribution in [0.2, 0.25) is 0 Å². The largest absolute Gasteiger partial charge is 0.308 e. The van der Waals surface area contributed by atoms with Crippen LogP contribution in [0.5, 0.6) is 0 Å². The Morgan fingerprint density at radius 2 is 2.31 bits per heavy atom. The average molecular weight is 240 g/mol. The van der Waals surface area contributed by atoms with Gasteiger partial charge < -0.3 is 5.43 Å². The van der Waals surface area contributed by atoms with Gasteiger partial charge >= 0.3 is 0 Å². The molecule has 1 atom stereocenters. The minimum Gasteiger partial charge on any atom is -0.308 e. The lowest BCUT2D eigenvalue weighted by atomic mass is 10.3. The van der Waals surface area contributed by atoms with Crippen LogP contribution in [0.1, 0.15) is 12.6 Å². The molecule has 0 spiro atoms. The highest BCUT2D eigenvalue weighted by atomic mass is 32.2. The number of rotatable bonds is 6. The van der Waals surface area contributed by atoms with Gasteiger partial charge in [0.15, 0.2) is 0 Å². The summed E-state index contributed by atoms with van der Waals surface area (Å²) in [5, 5.41) is 0. The van der Waals surface area contributed by atoms with E-state index in [1.54, 1.807) is 0 Å². The molecule has 1 heterocycles. The number of nitrogen functional groups attached to an aromatic ring is 1. The van der Waals surface area contributed by atoms with E-state index < -0.39 is 0 Å². The van der Waals surface area contributed by atoms with Crippen molar-refractivity contribution < 1.29 is 0 Å². The summed E-state index contributed by atoms with van der Waals surface area (Å²) in [5.74, 6) is 7.17. The van der Waals surface area contributed by atoms with Crippen LogP contribution in [0.25, 0.3) is 0 Å². The van der Waals surface area contributed by atoms with Gasteiger partial charge in [-0.25, -0.2) is 10.8 Å². The summed E-state index contributed by atoms with van der Waals surface area (Å²) in [5.41, 5.74) is 3.59. The van der Waals surface area contributed by atoms with E-state index in [9.17, 15) is 0 Å². The van der Waals surface area contributed by atoms with Gasteiger partial charge in [-0.15, -0.1) is 0 Å². The normalized spacial score (nSPS) is 12.8. The fraction of sp³-hybridized carbons (Fsp3) is 0.545. The summed E-state index contributed by atoms with van der Waals surface area (Å²) < 4.78 is 0. The standard InChI is InChI=1S/C11H20N4S/c1-9(8-16-3)15(2)7-10-5-4-6-11(13-10)14-12/h4-6,9H,7-8,12H2,1-3H3,(H,13,14). The summed E-state index contributed by atoms with van der Waals surface area (Å²) in [7, 11) is 2.12. The number of nitrogens with one attached hydrogen (secondary N) is 1. The first-order chi connectivity index (χ1) is 7.67. The van der Waals surface area contributed by atoms with E-state index in [1.165, 1.54) is 0 Å². The first-order valence-corrected chi connectivity index (χ1v) is 6.68. The van der Waals surface area contributed by atoms with E-state index in [2.05, 4.69) is 35.5 Å². The zero-order chi connectivity index (χ0) is 12.0. The number of hydrogen-bond acceptors (Lipinski definition) is 5. The fourth-order valence-electron chi connectivity index (χ4n) is 1.43. The van der Waals surface area contributed by atoms with Crippen LogP contribution in [-0.4, -0.2) is 35.0 Å². The third-order valence-corrected chi connectivity index (χ3v) is 3.34. The molecule has 90 valence electrons. The third kappa shape index (κ3) is 4.00. The molecule has 3 N–H and O–H groups in total.